The summed E-state index contributed by atoms with van der Waals surface area (Å²) in [5.41, 5.74) is 0. The Labute approximate surface area is 64.0 Å². The molecule has 0 aliphatic rings. The summed E-state index contributed by atoms with van der Waals surface area (Å²) in [6.45, 7) is 0.168. The zero-order valence-electron chi connectivity index (χ0n) is 5.61. The largest absolute Gasteiger partial charge is 0.484 e. The van der Waals surface area contributed by atoms with Gasteiger partial charge in [-0.25, -0.2) is 0 Å². The zero-order valence-corrected chi connectivity index (χ0v) is 5.61. The first-order chi connectivity index (χ1) is 5.35. The first-order valence-corrected chi connectivity index (χ1v) is 2.60. The molecular weight excluding hydrogens is 146 g/mol. The summed E-state index contributed by atoms with van der Waals surface area (Å²) in [5, 5.41) is 8.22. The van der Waals surface area contributed by atoms with Crippen LogP contribution in [0.3, 0.4) is 0 Å². The lowest BCUT2D eigenvalue weighted by molar-refractivity contribution is -0.124. The van der Waals surface area contributed by atoms with Crippen LogP contribution in [0.1, 0.15) is 0 Å². The predicted molar refractivity (Wildman–Crippen MR) is 35.6 cm³/mol. The molecule has 11 heavy (non-hydrogen) atoms. The SMILES string of the molecule is C#CCO/C=C(\C#N)OC=O. The summed E-state index contributed by atoms with van der Waals surface area (Å²) in [6, 6.07) is 1.58. The average Bonchev–Trinajstić information content (AvgIpc) is 2.03. The number of nitrogens with zero attached hydrogens (tertiary/aromatic N) is 1. The summed E-state index contributed by atoms with van der Waals surface area (Å²) >= 11 is 0. The second-order valence-corrected chi connectivity index (χ2v) is 1.32. The van der Waals surface area contributed by atoms with Crippen LogP contribution >= 0.6 is 0 Å². The number of nitriles is 1. The number of carbonyl (C=O) groups is 1. The number of hydrogen-bond donors (Lipinski definition) is 0. The highest BCUT2D eigenvalue weighted by atomic mass is 16.5. The van der Waals surface area contributed by atoms with Gasteiger partial charge in [-0.1, -0.05) is 5.92 Å². The number of terminal acetylenes is 1. The molecule has 0 unspecified atom stereocenters. The molecule has 0 aromatic rings. The van der Waals surface area contributed by atoms with Gasteiger partial charge in [0.2, 0.25) is 5.76 Å². The Hall–Kier alpha value is -1.94. The number of carbonyl (C=O) groups excluding carboxylic acids is 1. The van der Waals surface area contributed by atoms with Crippen LogP contribution < -0.4 is 0 Å². The normalized spacial score (nSPS) is 9.09. The molecule has 0 N–H and O–H groups in total. The van der Waals surface area contributed by atoms with E-state index in [0.717, 1.165) is 6.26 Å². The van der Waals surface area contributed by atoms with Gasteiger partial charge in [-0.05, 0) is 0 Å². The van der Waals surface area contributed by atoms with Crippen molar-refractivity contribution in [2.75, 3.05) is 6.61 Å². The van der Waals surface area contributed by atoms with Crippen molar-refractivity contribution in [1.29, 1.82) is 5.26 Å². The van der Waals surface area contributed by atoms with E-state index in [1.54, 1.807) is 6.07 Å². The monoisotopic (exact) mass is 151 g/mol. The van der Waals surface area contributed by atoms with E-state index >= 15 is 0 Å². The van der Waals surface area contributed by atoms with Crippen LogP contribution in [-0.4, -0.2) is 13.1 Å². The van der Waals surface area contributed by atoms with Crippen LogP contribution in [0.25, 0.3) is 0 Å². The van der Waals surface area contributed by atoms with Crippen molar-refractivity contribution in [3.63, 3.8) is 0 Å². The summed E-state index contributed by atoms with van der Waals surface area (Å²) in [4.78, 5) is 9.70. The van der Waals surface area contributed by atoms with Crippen molar-refractivity contribution in [3.05, 3.63) is 12.0 Å². The van der Waals surface area contributed by atoms with E-state index in [1.807, 2.05) is 0 Å². The van der Waals surface area contributed by atoms with Gasteiger partial charge < -0.3 is 9.47 Å². The minimum atomic E-state index is -0.227. The van der Waals surface area contributed by atoms with E-state index in [9.17, 15) is 4.79 Å². The van der Waals surface area contributed by atoms with Gasteiger partial charge in [0.1, 0.15) is 18.9 Å². The van der Waals surface area contributed by atoms with Crippen molar-refractivity contribution >= 4 is 6.47 Å². The molecule has 4 heteroatoms. The fourth-order valence-corrected chi connectivity index (χ4v) is 0.298. The quantitative estimate of drug-likeness (QED) is 0.189. The molecule has 0 rings (SSSR count). The van der Waals surface area contributed by atoms with Gasteiger partial charge in [-0.2, -0.15) is 5.26 Å². The average molecular weight is 151 g/mol. The van der Waals surface area contributed by atoms with Crippen LogP contribution in [0.5, 0.6) is 0 Å². The Morgan fingerprint density at radius 1 is 1.73 bits per heavy atom. The summed E-state index contributed by atoms with van der Waals surface area (Å²) < 4.78 is 8.75. The third kappa shape index (κ3) is 4.56. The topological polar surface area (TPSA) is 59.3 Å². The number of rotatable bonds is 4. The Bertz CT molecular complexity index is 231. The van der Waals surface area contributed by atoms with Crippen LogP contribution in [0.4, 0.5) is 0 Å². The van der Waals surface area contributed by atoms with Gasteiger partial charge in [0.15, 0.2) is 0 Å². The van der Waals surface area contributed by atoms with Crippen LogP contribution in [-0.2, 0) is 14.3 Å². The molecule has 0 aliphatic carbocycles. The number of allylic oxidation sites excluding steroid dienone is 1. The standard InChI is InChI=1S/C7H5NO3/c1-2-3-10-5-7(4-8)11-6-9/h1,5-6H,3H2/b7-5+. The number of ether oxygens (including phenoxy) is 2. The summed E-state index contributed by atoms with van der Waals surface area (Å²) in [6.07, 6.45) is 5.81. The van der Waals surface area contributed by atoms with E-state index in [4.69, 9.17) is 11.7 Å². The Morgan fingerprint density at radius 2 is 2.45 bits per heavy atom. The molecule has 0 spiro atoms. The highest BCUT2D eigenvalue weighted by molar-refractivity contribution is 5.41. The Balaban J connectivity index is 3.85. The van der Waals surface area contributed by atoms with Gasteiger partial charge in [-0.15, -0.1) is 6.42 Å². The van der Waals surface area contributed by atoms with Gasteiger partial charge in [-0.3, -0.25) is 4.79 Å². The molecule has 0 atom stereocenters. The van der Waals surface area contributed by atoms with E-state index in [2.05, 4.69) is 15.4 Å². The molecular formula is C7H5NO3. The lowest BCUT2D eigenvalue weighted by Gasteiger charge is -1.93. The van der Waals surface area contributed by atoms with Crippen molar-refractivity contribution in [3.8, 4) is 18.4 Å². The molecule has 0 heterocycles. The maximum Gasteiger partial charge on any atom is 0.299 e. The minimum Gasteiger partial charge on any atom is -0.484 e. The van der Waals surface area contributed by atoms with Crippen molar-refractivity contribution in [2.24, 2.45) is 0 Å². The Kier molecular flexibility index (Phi) is 5.09. The molecule has 0 radical (unpaired) electrons. The lowest BCUT2D eigenvalue weighted by Crippen LogP contribution is -1.89. The third-order valence-corrected chi connectivity index (χ3v) is 0.642. The van der Waals surface area contributed by atoms with E-state index in [-0.39, 0.29) is 18.8 Å². The molecule has 0 fully saturated rings. The van der Waals surface area contributed by atoms with E-state index in [0.29, 0.717) is 0 Å². The molecule has 0 saturated heterocycles. The van der Waals surface area contributed by atoms with Gasteiger partial charge in [0.05, 0.1) is 0 Å². The summed E-state index contributed by atoms with van der Waals surface area (Å²) in [7, 11) is 0. The molecule has 0 amide bonds. The molecule has 56 valence electrons. The summed E-state index contributed by atoms with van der Waals surface area (Å²) in [5.74, 6) is 1.94. The second-order valence-electron chi connectivity index (χ2n) is 1.32. The Morgan fingerprint density at radius 3 is 2.91 bits per heavy atom. The fraction of sp³-hybridized carbons (Fsp3) is 0.143. The van der Waals surface area contributed by atoms with E-state index < -0.39 is 0 Å². The molecule has 0 aliphatic heterocycles. The second kappa shape index (κ2) is 6.18. The maximum atomic E-state index is 9.70. The van der Waals surface area contributed by atoms with Crippen molar-refractivity contribution < 1.29 is 14.3 Å². The van der Waals surface area contributed by atoms with Gasteiger partial charge in [0.25, 0.3) is 6.47 Å². The third-order valence-electron chi connectivity index (χ3n) is 0.642. The van der Waals surface area contributed by atoms with Crippen molar-refractivity contribution in [2.45, 2.75) is 0 Å². The van der Waals surface area contributed by atoms with Crippen LogP contribution in [0.15, 0.2) is 12.0 Å². The lowest BCUT2D eigenvalue weighted by atomic mass is 10.6. The zero-order chi connectivity index (χ0) is 8.53. The first kappa shape index (κ1) is 9.06. The van der Waals surface area contributed by atoms with Crippen LogP contribution in [0.2, 0.25) is 0 Å². The van der Waals surface area contributed by atoms with E-state index in [1.165, 1.54) is 0 Å². The first-order valence-electron chi connectivity index (χ1n) is 2.60. The van der Waals surface area contributed by atoms with Gasteiger partial charge in [0, 0.05) is 0 Å². The van der Waals surface area contributed by atoms with Crippen molar-refractivity contribution in [1.82, 2.24) is 0 Å². The highest BCUT2D eigenvalue weighted by Gasteiger charge is 1.92. The molecule has 0 aromatic heterocycles. The predicted octanol–water partition coefficient (Wildman–Crippen LogP) is 0.174. The smallest absolute Gasteiger partial charge is 0.299 e. The molecule has 0 aromatic carbocycles. The molecule has 0 saturated carbocycles. The van der Waals surface area contributed by atoms with Gasteiger partial charge >= 0.3 is 0 Å². The maximum absolute atomic E-state index is 9.70. The number of hydrogen-bond acceptors (Lipinski definition) is 4. The molecule has 4 nitrogen and oxygen atoms in total. The molecule has 0 bridgehead atoms. The van der Waals surface area contributed by atoms with Crippen LogP contribution in [0, 0.1) is 23.7 Å². The highest BCUT2D eigenvalue weighted by Crippen LogP contribution is 1.92. The minimum absolute atomic E-state index is 0.0351. The fourth-order valence-electron chi connectivity index (χ4n) is 0.298.